The molecule has 0 bridgehead atoms. The van der Waals surface area contributed by atoms with E-state index in [1.807, 2.05) is 13.0 Å². The molecule has 3 rings (SSSR count). The van der Waals surface area contributed by atoms with Crippen molar-refractivity contribution >= 4 is 5.97 Å². The van der Waals surface area contributed by atoms with E-state index in [1.165, 1.54) is 7.11 Å². The minimum Gasteiger partial charge on any atom is -0.458 e. The molecule has 0 aromatic rings. The molecule has 0 aromatic carbocycles. The second kappa shape index (κ2) is 7.71. The maximum atomic E-state index is 12.5. The van der Waals surface area contributed by atoms with E-state index in [1.54, 1.807) is 0 Å². The third-order valence-corrected chi connectivity index (χ3v) is 7.45. The van der Waals surface area contributed by atoms with Crippen molar-refractivity contribution in [3.05, 3.63) is 11.6 Å². The Kier molecular flexibility index (Phi) is 5.99. The highest BCUT2D eigenvalue weighted by molar-refractivity contribution is 5.70. The van der Waals surface area contributed by atoms with Gasteiger partial charge in [0.05, 0.1) is 12.7 Å². The van der Waals surface area contributed by atoms with Crippen LogP contribution in [0, 0.1) is 16.7 Å². The lowest BCUT2D eigenvalue weighted by atomic mass is 9.45. The standard InChI is InChI=1S/C22H36O6/c1-6-7-8-9-17(24)28-15-12-14-19(26-5)27-13-22(14,25)21(4)16(23)10-11-20(2,3)18(15)21/h12,15-16,18-19,23,25H,6-11,13H2,1-5H3. The van der Waals surface area contributed by atoms with Gasteiger partial charge in [0, 0.05) is 30.4 Å². The van der Waals surface area contributed by atoms with Gasteiger partial charge in [-0.3, -0.25) is 4.79 Å². The molecule has 2 fully saturated rings. The maximum Gasteiger partial charge on any atom is 0.306 e. The molecule has 0 aromatic heterocycles. The molecular formula is C22H36O6. The molecule has 6 unspecified atom stereocenters. The third kappa shape index (κ3) is 3.22. The Labute approximate surface area is 168 Å². The number of hydrogen-bond acceptors (Lipinski definition) is 6. The van der Waals surface area contributed by atoms with Gasteiger partial charge in [0.15, 0.2) is 6.29 Å². The minimum atomic E-state index is -1.35. The maximum absolute atomic E-state index is 12.5. The Balaban J connectivity index is 2.01. The molecule has 28 heavy (non-hydrogen) atoms. The lowest BCUT2D eigenvalue weighted by Gasteiger charge is -2.62. The second-order valence-electron chi connectivity index (χ2n) is 9.58. The summed E-state index contributed by atoms with van der Waals surface area (Å²) in [6.07, 6.45) is 4.49. The number of methoxy groups -OCH3 is 1. The average molecular weight is 397 g/mol. The molecule has 6 atom stereocenters. The topological polar surface area (TPSA) is 85.2 Å². The van der Waals surface area contributed by atoms with Crippen LogP contribution in [0.3, 0.4) is 0 Å². The molecule has 1 saturated carbocycles. The lowest BCUT2D eigenvalue weighted by Crippen LogP contribution is -2.68. The van der Waals surface area contributed by atoms with Crippen molar-refractivity contribution in [3.8, 4) is 0 Å². The Morgan fingerprint density at radius 2 is 2.04 bits per heavy atom. The number of unbranched alkanes of at least 4 members (excludes halogenated alkanes) is 2. The van der Waals surface area contributed by atoms with E-state index in [-0.39, 0.29) is 23.9 Å². The van der Waals surface area contributed by atoms with Crippen LogP contribution in [-0.2, 0) is 19.0 Å². The van der Waals surface area contributed by atoms with Gasteiger partial charge in [0.1, 0.15) is 11.7 Å². The summed E-state index contributed by atoms with van der Waals surface area (Å²) in [7, 11) is 1.53. The molecule has 6 nitrogen and oxygen atoms in total. The minimum absolute atomic E-state index is 0.0641. The van der Waals surface area contributed by atoms with Gasteiger partial charge in [-0.2, -0.15) is 0 Å². The first-order chi connectivity index (χ1) is 13.1. The van der Waals surface area contributed by atoms with Crippen molar-refractivity contribution in [1.82, 2.24) is 0 Å². The SMILES string of the molecule is CCCCCC(=O)OC1C=C2C(OC)OCC2(O)C2(C)C(O)CCC(C)(C)C12. The van der Waals surface area contributed by atoms with E-state index >= 15 is 0 Å². The van der Waals surface area contributed by atoms with E-state index in [9.17, 15) is 15.0 Å². The summed E-state index contributed by atoms with van der Waals surface area (Å²) in [6, 6.07) is 0. The summed E-state index contributed by atoms with van der Waals surface area (Å²) >= 11 is 0. The zero-order valence-electron chi connectivity index (χ0n) is 17.9. The highest BCUT2D eigenvalue weighted by Crippen LogP contribution is 2.63. The second-order valence-corrected chi connectivity index (χ2v) is 9.58. The first-order valence-corrected chi connectivity index (χ1v) is 10.6. The van der Waals surface area contributed by atoms with Crippen LogP contribution < -0.4 is 0 Å². The summed E-state index contributed by atoms with van der Waals surface area (Å²) in [4.78, 5) is 12.5. The summed E-state index contributed by atoms with van der Waals surface area (Å²) in [6.45, 7) is 8.33. The molecule has 0 amide bonds. The number of rotatable bonds is 6. The van der Waals surface area contributed by atoms with E-state index in [2.05, 4.69) is 20.8 Å². The van der Waals surface area contributed by atoms with Gasteiger partial charge in [0.25, 0.3) is 0 Å². The van der Waals surface area contributed by atoms with Gasteiger partial charge in [-0.05, 0) is 30.8 Å². The number of aliphatic hydroxyl groups is 2. The van der Waals surface area contributed by atoms with Gasteiger partial charge < -0.3 is 24.4 Å². The Bertz CT molecular complexity index is 629. The fourth-order valence-electron chi connectivity index (χ4n) is 5.85. The summed E-state index contributed by atoms with van der Waals surface area (Å²) < 4.78 is 17.1. The van der Waals surface area contributed by atoms with Gasteiger partial charge >= 0.3 is 5.97 Å². The Hall–Kier alpha value is -0.950. The van der Waals surface area contributed by atoms with Crippen molar-refractivity contribution in [2.45, 2.75) is 90.3 Å². The van der Waals surface area contributed by atoms with E-state index in [0.717, 1.165) is 25.7 Å². The van der Waals surface area contributed by atoms with Crippen LogP contribution in [0.5, 0.6) is 0 Å². The predicted molar refractivity (Wildman–Crippen MR) is 104 cm³/mol. The van der Waals surface area contributed by atoms with E-state index in [0.29, 0.717) is 18.4 Å². The Morgan fingerprint density at radius 3 is 2.68 bits per heavy atom. The van der Waals surface area contributed by atoms with Crippen LogP contribution in [0.4, 0.5) is 0 Å². The van der Waals surface area contributed by atoms with Gasteiger partial charge in [-0.25, -0.2) is 0 Å². The van der Waals surface area contributed by atoms with Crippen LogP contribution in [0.2, 0.25) is 0 Å². The van der Waals surface area contributed by atoms with Crippen LogP contribution >= 0.6 is 0 Å². The average Bonchev–Trinajstić information content (AvgIpc) is 2.96. The molecule has 3 aliphatic rings. The zero-order chi connectivity index (χ0) is 20.7. The molecule has 1 aliphatic heterocycles. The van der Waals surface area contributed by atoms with Gasteiger partial charge in [-0.1, -0.05) is 40.5 Å². The van der Waals surface area contributed by atoms with Gasteiger partial charge in [-0.15, -0.1) is 0 Å². The fourth-order valence-corrected chi connectivity index (χ4v) is 5.85. The molecule has 0 spiro atoms. The molecule has 2 aliphatic carbocycles. The number of carbonyl (C=O) groups excluding carboxylic acids is 1. The molecule has 6 heteroatoms. The number of hydrogen-bond donors (Lipinski definition) is 2. The van der Waals surface area contributed by atoms with Crippen LogP contribution in [-0.4, -0.2) is 54.0 Å². The fraction of sp³-hybridized carbons (Fsp3) is 0.864. The number of esters is 1. The first-order valence-electron chi connectivity index (χ1n) is 10.6. The zero-order valence-corrected chi connectivity index (χ0v) is 17.9. The summed E-state index contributed by atoms with van der Waals surface area (Å²) in [5, 5.41) is 22.8. The van der Waals surface area contributed by atoms with E-state index < -0.39 is 29.5 Å². The molecule has 160 valence electrons. The van der Waals surface area contributed by atoms with Crippen molar-refractivity contribution < 1.29 is 29.2 Å². The molecule has 2 N–H and O–H groups in total. The van der Waals surface area contributed by atoms with Crippen LogP contribution in [0.1, 0.15) is 66.2 Å². The van der Waals surface area contributed by atoms with Crippen molar-refractivity contribution in [2.75, 3.05) is 13.7 Å². The third-order valence-electron chi connectivity index (χ3n) is 7.45. The normalized spacial score (nSPS) is 41.8. The van der Waals surface area contributed by atoms with Crippen LogP contribution in [0.15, 0.2) is 11.6 Å². The van der Waals surface area contributed by atoms with Gasteiger partial charge in [0.2, 0.25) is 0 Å². The van der Waals surface area contributed by atoms with Crippen LogP contribution in [0.25, 0.3) is 0 Å². The monoisotopic (exact) mass is 396 g/mol. The van der Waals surface area contributed by atoms with Crippen molar-refractivity contribution in [1.29, 1.82) is 0 Å². The largest absolute Gasteiger partial charge is 0.458 e. The summed E-state index contributed by atoms with van der Waals surface area (Å²) in [5.41, 5.74) is -1.90. The molecule has 0 radical (unpaired) electrons. The summed E-state index contributed by atoms with van der Waals surface area (Å²) in [5.74, 6) is -0.460. The Morgan fingerprint density at radius 1 is 1.32 bits per heavy atom. The smallest absolute Gasteiger partial charge is 0.306 e. The number of aliphatic hydroxyl groups excluding tert-OH is 1. The number of carbonyl (C=O) groups is 1. The van der Waals surface area contributed by atoms with E-state index in [4.69, 9.17) is 14.2 Å². The lowest BCUT2D eigenvalue weighted by molar-refractivity contribution is -0.226. The predicted octanol–water partition coefficient (Wildman–Crippen LogP) is 2.96. The quantitative estimate of drug-likeness (QED) is 0.408. The highest BCUT2D eigenvalue weighted by Gasteiger charge is 2.70. The highest BCUT2D eigenvalue weighted by atomic mass is 16.7. The number of ether oxygens (including phenoxy) is 3. The first kappa shape index (κ1) is 21.8. The molecule has 1 heterocycles. The van der Waals surface area contributed by atoms with Crippen molar-refractivity contribution in [2.24, 2.45) is 16.7 Å². The molecule has 1 saturated heterocycles. The molecular weight excluding hydrogens is 360 g/mol. The number of fused-ring (bicyclic) bond motifs is 3. The van der Waals surface area contributed by atoms with Crippen molar-refractivity contribution in [3.63, 3.8) is 0 Å².